The van der Waals surface area contributed by atoms with E-state index in [0.717, 1.165) is 31.1 Å². The monoisotopic (exact) mass is 319 g/mol. The Bertz CT molecular complexity index is 797. The molecule has 0 aliphatic rings. The lowest BCUT2D eigenvalue weighted by atomic mass is 10.0. The van der Waals surface area contributed by atoms with Gasteiger partial charge in [-0.15, -0.1) is 11.3 Å². The minimum Gasteiger partial charge on any atom is -0.309 e. The highest BCUT2D eigenvalue weighted by Crippen LogP contribution is 2.34. The van der Waals surface area contributed by atoms with Gasteiger partial charge in [-0.05, 0) is 54.8 Å². The van der Waals surface area contributed by atoms with E-state index in [9.17, 15) is 4.39 Å². The van der Waals surface area contributed by atoms with E-state index >= 15 is 0 Å². The van der Waals surface area contributed by atoms with Gasteiger partial charge < -0.3 is 5.32 Å². The van der Waals surface area contributed by atoms with Crippen molar-refractivity contribution in [3.63, 3.8) is 0 Å². The Morgan fingerprint density at radius 1 is 1.14 bits per heavy atom. The highest BCUT2D eigenvalue weighted by molar-refractivity contribution is 7.19. The van der Waals surface area contributed by atoms with Gasteiger partial charge >= 0.3 is 0 Å². The third-order valence-corrected chi connectivity index (χ3v) is 5.17. The lowest BCUT2D eigenvalue weighted by molar-refractivity contribution is 0.630. The molecule has 1 atom stereocenters. The maximum absolute atomic E-state index is 13.3. The van der Waals surface area contributed by atoms with Crippen molar-refractivity contribution >= 4 is 33.0 Å². The number of aryl methyl sites for hydroxylation is 1. The van der Waals surface area contributed by atoms with Crippen LogP contribution in [0.2, 0.25) is 5.02 Å². The summed E-state index contributed by atoms with van der Waals surface area (Å²) in [6.07, 6.45) is 0. The molecule has 4 heteroatoms. The van der Waals surface area contributed by atoms with Gasteiger partial charge in [0.1, 0.15) is 5.82 Å². The van der Waals surface area contributed by atoms with Gasteiger partial charge in [-0.1, -0.05) is 29.8 Å². The van der Waals surface area contributed by atoms with E-state index in [1.165, 1.54) is 6.07 Å². The molecule has 0 aliphatic heterocycles. The molecule has 1 heterocycles. The number of fused-ring (bicyclic) bond motifs is 1. The standard InChI is InChI=1S/C17H15ClFNS/c1-10-3-4-12(7-14(10)18)17(20-2)16-8-11-5-6-13(19)9-15(11)21-16/h3-9,17,20H,1-2H3. The van der Waals surface area contributed by atoms with Crippen molar-refractivity contribution in [1.29, 1.82) is 0 Å². The van der Waals surface area contributed by atoms with E-state index in [4.69, 9.17) is 11.6 Å². The minimum absolute atomic E-state index is 0.0589. The van der Waals surface area contributed by atoms with E-state index in [1.807, 2.05) is 32.2 Å². The molecule has 1 aromatic heterocycles. The van der Waals surface area contributed by atoms with Crippen LogP contribution in [0.3, 0.4) is 0 Å². The van der Waals surface area contributed by atoms with E-state index in [0.29, 0.717) is 0 Å². The largest absolute Gasteiger partial charge is 0.309 e. The fourth-order valence-electron chi connectivity index (χ4n) is 2.43. The van der Waals surface area contributed by atoms with Crippen LogP contribution in [-0.4, -0.2) is 7.05 Å². The van der Waals surface area contributed by atoms with Gasteiger partial charge in [0, 0.05) is 14.6 Å². The van der Waals surface area contributed by atoms with Gasteiger partial charge in [0.05, 0.1) is 6.04 Å². The third kappa shape index (κ3) is 2.82. The van der Waals surface area contributed by atoms with Crippen molar-refractivity contribution in [2.24, 2.45) is 0 Å². The molecule has 2 aromatic carbocycles. The molecule has 0 fully saturated rings. The van der Waals surface area contributed by atoms with Crippen LogP contribution in [0, 0.1) is 12.7 Å². The van der Waals surface area contributed by atoms with Gasteiger partial charge in [0.2, 0.25) is 0 Å². The molecule has 0 radical (unpaired) electrons. The summed E-state index contributed by atoms with van der Waals surface area (Å²) in [7, 11) is 1.92. The zero-order chi connectivity index (χ0) is 15.0. The van der Waals surface area contributed by atoms with E-state index < -0.39 is 0 Å². The number of benzene rings is 2. The van der Waals surface area contributed by atoms with Crippen LogP contribution in [0.4, 0.5) is 4.39 Å². The molecule has 21 heavy (non-hydrogen) atoms. The average molecular weight is 320 g/mol. The topological polar surface area (TPSA) is 12.0 Å². The van der Waals surface area contributed by atoms with Gasteiger partial charge in [-0.3, -0.25) is 0 Å². The number of rotatable bonds is 3. The number of halogens is 2. The SMILES string of the molecule is CNC(c1ccc(C)c(Cl)c1)c1cc2ccc(F)cc2s1. The normalized spacial score (nSPS) is 12.8. The second-order valence-electron chi connectivity index (χ2n) is 5.06. The number of nitrogens with one attached hydrogen (secondary N) is 1. The maximum atomic E-state index is 13.3. The zero-order valence-electron chi connectivity index (χ0n) is 11.8. The Kier molecular flexibility index (Phi) is 3.98. The summed E-state index contributed by atoms with van der Waals surface area (Å²) < 4.78 is 14.3. The number of hydrogen-bond donors (Lipinski definition) is 1. The molecule has 0 bridgehead atoms. The quantitative estimate of drug-likeness (QED) is 0.689. The molecule has 1 unspecified atom stereocenters. The molecular weight excluding hydrogens is 305 g/mol. The van der Waals surface area contributed by atoms with Crippen LogP contribution in [0.15, 0.2) is 42.5 Å². The van der Waals surface area contributed by atoms with Crippen molar-refractivity contribution in [3.05, 3.63) is 69.3 Å². The van der Waals surface area contributed by atoms with Gasteiger partial charge in [-0.25, -0.2) is 4.39 Å². The van der Waals surface area contributed by atoms with Gasteiger partial charge in [-0.2, -0.15) is 0 Å². The third-order valence-electron chi connectivity index (χ3n) is 3.60. The Morgan fingerprint density at radius 2 is 1.95 bits per heavy atom. The predicted molar refractivity (Wildman–Crippen MR) is 88.9 cm³/mol. The Morgan fingerprint density at radius 3 is 2.67 bits per heavy atom. The first-order valence-electron chi connectivity index (χ1n) is 6.71. The van der Waals surface area contributed by atoms with Crippen molar-refractivity contribution < 1.29 is 4.39 Å². The first-order valence-corrected chi connectivity index (χ1v) is 7.90. The molecule has 0 amide bonds. The first kappa shape index (κ1) is 14.5. The van der Waals surface area contributed by atoms with E-state index in [2.05, 4.69) is 17.4 Å². The van der Waals surface area contributed by atoms with Crippen LogP contribution in [0.5, 0.6) is 0 Å². The zero-order valence-corrected chi connectivity index (χ0v) is 13.4. The first-order chi connectivity index (χ1) is 10.1. The summed E-state index contributed by atoms with van der Waals surface area (Å²) in [6.45, 7) is 1.99. The summed E-state index contributed by atoms with van der Waals surface area (Å²) in [4.78, 5) is 1.15. The molecule has 3 rings (SSSR count). The molecule has 0 saturated carbocycles. The molecule has 0 spiro atoms. The van der Waals surface area contributed by atoms with Crippen molar-refractivity contribution in [2.45, 2.75) is 13.0 Å². The summed E-state index contributed by atoms with van der Waals surface area (Å²) in [6, 6.07) is 13.1. The lowest BCUT2D eigenvalue weighted by Gasteiger charge is -2.15. The Balaban J connectivity index is 2.06. The lowest BCUT2D eigenvalue weighted by Crippen LogP contribution is -2.16. The summed E-state index contributed by atoms with van der Waals surface area (Å²) in [5, 5.41) is 5.14. The van der Waals surface area contributed by atoms with Crippen LogP contribution in [0.25, 0.3) is 10.1 Å². The fraction of sp³-hybridized carbons (Fsp3) is 0.176. The minimum atomic E-state index is -0.199. The highest BCUT2D eigenvalue weighted by atomic mass is 35.5. The molecule has 1 nitrogen and oxygen atoms in total. The summed E-state index contributed by atoms with van der Waals surface area (Å²) >= 11 is 7.83. The second-order valence-corrected chi connectivity index (χ2v) is 6.58. The molecule has 0 saturated heterocycles. The van der Waals surface area contributed by atoms with Crippen molar-refractivity contribution in [1.82, 2.24) is 5.32 Å². The fourth-order valence-corrected chi connectivity index (χ4v) is 3.85. The Hall–Kier alpha value is -1.42. The second kappa shape index (κ2) is 5.76. The van der Waals surface area contributed by atoms with Crippen molar-refractivity contribution in [3.8, 4) is 0 Å². The van der Waals surface area contributed by atoms with Crippen LogP contribution in [-0.2, 0) is 0 Å². The molecule has 3 aromatic rings. The molecule has 1 N–H and O–H groups in total. The maximum Gasteiger partial charge on any atom is 0.124 e. The average Bonchev–Trinajstić information content (AvgIpc) is 2.86. The molecular formula is C17H15ClFNS. The van der Waals surface area contributed by atoms with E-state index in [1.54, 1.807) is 17.4 Å². The van der Waals surface area contributed by atoms with E-state index in [-0.39, 0.29) is 11.9 Å². The molecule has 0 aliphatic carbocycles. The smallest absolute Gasteiger partial charge is 0.124 e. The number of hydrogen-bond acceptors (Lipinski definition) is 2. The number of thiophene rings is 1. The molecule has 108 valence electrons. The van der Waals surface area contributed by atoms with Crippen LogP contribution < -0.4 is 5.32 Å². The van der Waals surface area contributed by atoms with Crippen LogP contribution >= 0.6 is 22.9 Å². The van der Waals surface area contributed by atoms with Gasteiger partial charge in [0.15, 0.2) is 0 Å². The van der Waals surface area contributed by atoms with Gasteiger partial charge in [0.25, 0.3) is 0 Å². The van der Waals surface area contributed by atoms with Crippen LogP contribution in [0.1, 0.15) is 22.0 Å². The summed E-state index contributed by atoms with van der Waals surface area (Å²) in [5.41, 5.74) is 2.17. The Labute approximate surface area is 132 Å². The predicted octanol–water partition coefficient (Wildman–Crippen LogP) is 5.31. The van der Waals surface area contributed by atoms with Crippen molar-refractivity contribution in [2.75, 3.05) is 7.05 Å². The summed E-state index contributed by atoms with van der Waals surface area (Å²) in [5.74, 6) is -0.199. The highest BCUT2D eigenvalue weighted by Gasteiger charge is 2.16.